The number of ketones is 2. The van der Waals surface area contributed by atoms with Gasteiger partial charge in [-0.2, -0.15) is 5.26 Å². The summed E-state index contributed by atoms with van der Waals surface area (Å²) in [6.07, 6.45) is 6.39. The highest BCUT2D eigenvalue weighted by molar-refractivity contribution is 6.38. The van der Waals surface area contributed by atoms with E-state index in [0.717, 1.165) is 32.1 Å². The number of benzene rings is 1. The number of aryl methyl sites for hydroxylation is 1. The highest BCUT2D eigenvalue weighted by Gasteiger charge is 2.69. The van der Waals surface area contributed by atoms with Crippen molar-refractivity contribution in [1.82, 2.24) is 31.2 Å². The number of nitrogens with zero attached hydrogens (tertiary/aromatic N) is 2. The molecule has 1 unspecified atom stereocenters. The largest absolute Gasteiger partial charge is 0.353 e. The third kappa shape index (κ3) is 7.86. The van der Waals surface area contributed by atoms with Gasteiger partial charge in [-0.15, -0.1) is 0 Å². The van der Waals surface area contributed by atoms with Gasteiger partial charge in [0.1, 0.15) is 29.9 Å². The summed E-state index contributed by atoms with van der Waals surface area (Å²) in [5, 5.41) is 21.0. The van der Waals surface area contributed by atoms with E-state index in [1.54, 1.807) is 62.9 Å². The van der Waals surface area contributed by atoms with Crippen molar-refractivity contribution in [1.29, 1.82) is 5.26 Å². The number of hydrogen-bond acceptors (Lipinski definition) is 8. The number of carbonyl (C=O) groups excluding carboxylic acids is 7. The van der Waals surface area contributed by atoms with Crippen molar-refractivity contribution in [2.45, 2.75) is 136 Å². The molecule has 56 heavy (non-hydrogen) atoms. The maximum Gasteiger partial charge on any atom is 0.289 e. The summed E-state index contributed by atoms with van der Waals surface area (Å²) in [6.45, 7) is 10.3. The molecule has 1 aromatic heterocycles. The minimum absolute atomic E-state index is 0.0156. The Kier molecular flexibility index (Phi) is 11.3. The van der Waals surface area contributed by atoms with Crippen molar-refractivity contribution in [2.24, 2.45) is 16.7 Å². The number of aromatic amines is 1. The number of rotatable bonds is 14. The zero-order valence-corrected chi connectivity index (χ0v) is 33.0. The molecular formula is C42H53N7O7. The first-order valence-electron chi connectivity index (χ1n) is 19.8. The molecule has 0 radical (unpaired) electrons. The molecule has 5 amide bonds. The van der Waals surface area contributed by atoms with Gasteiger partial charge in [-0.05, 0) is 75.5 Å². The molecule has 3 aliphatic carbocycles. The number of nitriles is 1. The molecule has 2 aromatic rings. The molecule has 1 spiro atoms. The van der Waals surface area contributed by atoms with Crippen LogP contribution in [0.3, 0.4) is 0 Å². The highest BCUT2D eigenvalue weighted by atomic mass is 16.2. The summed E-state index contributed by atoms with van der Waals surface area (Å²) >= 11 is 0. The van der Waals surface area contributed by atoms with Crippen LogP contribution < -0.4 is 21.3 Å². The van der Waals surface area contributed by atoms with Gasteiger partial charge in [-0.25, -0.2) is 0 Å². The van der Waals surface area contributed by atoms with E-state index in [2.05, 4.69) is 26.3 Å². The molecule has 3 saturated carbocycles. The normalized spacial score (nSPS) is 23.9. The molecular weight excluding hydrogens is 715 g/mol. The molecule has 2 heterocycles. The van der Waals surface area contributed by atoms with E-state index in [-0.39, 0.29) is 40.7 Å². The van der Waals surface area contributed by atoms with Crippen molar-refractivity contribution < 1.29 is 33.6 Å². The first-order valence-corrected chi connectivity index (χ1v) is 19.8. The maximum atomic E-state index is 14.9. The van der Waals surface area contributed by atoms with Crippen molar-refractivity contribution in [3.05, 3.63) is 58.4 Å². The smallest absolute Gasteiger partial charge is 0.289 e. The molecule has 0 bridgehead atoms. The Bertz CT molecular complexity index is 1970. The summed E-state index contributed by atoms with van der Waals surface area (Å²) in [5.41, 5.74) is -0.616. The number of H-pyrrole nitrogens is 1. The van der Waals surface area contributed by atoms with Crippen LogP contribution in [0.4, 0.5) is 0 Å². The molecule has 6 rings (SSSR count). The standard InChI is InChI=1S/C42H53N7O7/c1-7-12-28(34(51)39(55)46-26-17-18-26)47-37(53)29-20-42-19-25(42)15-11-16-30(42)49(29)40(56)35(41(4,5)6)48-36(52)23(3)45-38(54)32-27(21-43)31(22(2)44-32)33(50)24-13-9-8-10-14-24/h8-10,13-14,23,25-26,28-30,35,44H,7,11-12,15-20H2,1-6H3,(H,45,54)(H,46,55)(H,47,53)(H,48,52)/t23-,25-,28-,29-,30-,35+,42?/m0/s1. The van der Waals surface area contributed by atoms with Gasteiger partial charge in [0.05, 0.1) is 17.2 Å². The van der Waals surface area contributed by atoms with E-state index in [0.29, 0.717) is 36.4 Å². The Morgan fingerprint density at radius 2 is 1.68 bits per heavy atom. The van der Waals surface area contributed by atoms with E-state index in [1.807, 2.05) is 13.0 Å². The van der Waals surface area contributed by atoms with Crippen molar-refractivity contribution in [2.75, 3.05) is 0 Å². The van der Waals surface area contributed by atoms with E-state index in [9.17, 15) is 38.8 Å². The lowest BCUT2D eigenvalue weighted by Crippen LogP contribution is -2.62. The molecule has 1 saturated heterocycles. The number of carbonyl (C=O) groups is 7. The van der Waals surface area contributed by atoms with Gasteiger partial charge < -0.3 is 31.2 Å². The lowest BCUT2D eigenvalue weighted by molar-refractivity contribution is -0.147. The van der Waals surface area contributed by atoms with Crippen LogP contribution in [-0.4, -0.2) is 87.2 Å². The second kappa shape index (κ2) is 15.7. The molecule has 5 N–H and O–H groups in total. The van der Waals surface area contributed by atoms with E-state index in [4.69, 9.17) is 0 Å². The van der Waals surface area contributed by atoms with Crippen LogP contribution in [0.15, 0.2) is 30.3 Å². The van der Waals surface area contributed by atoms with Crippen LogP contribution in [0.2, 0.25) is 0 Å². The first kappa shape index (κ1) is 40.3. The number of amides is 5. The molecule has 1 aliphatic heterocycles. The van der Waals surface area contributed by atoms with Gasteiger partial charge in [0, 0.05) is 23.3 Å². The summed E-state index contributed by atoms with van der Waals surface area (Å²) in [6, 6.07) is 5.91. The fraction of sp³-hybridized carbons (Fsp3) is 0.571. The van der Waals surface area contributed by atoms with Gasteiger partial charge in [0.25, 0.3) is 11.8 Å². The quantitative estimate of drug-likeness (QED) is 0.142. The summed E-state index contributed by atoms with van der Waals surface area (Å²) < 4.78 is 0. The van der Waals surface area contributed by atoms with E-state index >= 15 is 0 Å². The van der Waals surface area contributed by atoms with Gasteiger partial charge in [0.2, 0.25) is 23.5 Å². The van der Waals surface area contributed by atoms with Crippen molar-refractivity contribution in [3.8, 4) is 6.07 Å². The minimum Gasteiger partial charge on any atom is -0.353 e. The van der Waals surface area contributed by atoms with E-state index in [1.165, 1.54) is 6.92 Å². The first-order chi connectivity index (χ1) is 26.5. The third-order valence-electron chi connectivity index (χ3n) is 12.1. The van der Waals surface area contributed by atoms with E-state index < -0.39 is 70.7 Å². The Balaban J connectivity index is 1.20. The van der Waals surface area contributed by atoms with Gasteiger partial charge in [-0.1, -0.05) is 70.9 Å². The zero-order chi connectivity index (χ0) is 40.7. The number of likely N-dealkylation sites (tertiary alicyclic amines) is 1. The highest BCUT2D eigenvalue weighted by Crippen LogP contribution is 2.68. The zero-order valence-electron chi connectivity index (χ0n) is 33.0. The van der Waals surface area contributed by atoms with Gasteiger partial charge in [-0.3, -0.25) is 33.6 Å². The SMILES string of the molecule is CCC[C@H](NC(=O)[C@@H]1CC23C[C@@H]2CCC[C@@H]3N1C(=O)[C@@H](NC(=O)[C@H](C)NC(=O)c1[nH]c(C)c(C(=O)c2ccccc2)c1C#N)C(C)(C)C)C(=O)C(=O)NC1CC1. The number of aromatic nitrogens is 1. The lowest BCUT2D eigenvalue weighted by Gasteiger charge is -2.40. The Hall–Kier alpha value is -5.32. The Morgan fingerprint density at radius 1 is 0.982 bits per heavy atom. The molecule has 7 atom stereocenters. The van der Waals surface area contributed by atoms with Crippen LogP contribution in [0.25, 0.3) is 0 Å². The monoisotopic (exact) mass is 767 g/mol. The summed E-state index contributed by atoms with van der Waals surface area (Å²) in [4.78, 5) is 100. The van der Waals surface area contributed by atoms with Crippen LogP contribution in [0.1, 0.15) is 130 Å². The van der Waals surface area contributed by atoms with Crippen LogP contribution >= 0.6 is 0 Å². The Labute approximate surface area is 327 Å². The fourth-order valence-corrected chi connectivity index (χ4v) is 8.84. The predicted octanol–water partition coefficient (Wildman–Crippen LogP) is 3.37. The second-order valence-electron chi connectivity index (χ2n) is 17.2. The molecule has 14 nitrogen and oxygen atoms in total. The van der Waals surface area contributed by atoms with Crippen LogP contribution in [0, 0.1) is 35.0 Å². The average Bonchev–Trinajstić information content (AvgIpc) is 4.06. The number of nitrogens with one attached hydrogen (secondary N) is 5. The minimum atomic E-state index is -1.17. The maximum absolute atomic E-state index is 14.9. The predicted molar refractivity (Wildman–Crippen MR) is 205 cm³/mol. The van der Waals surface area contributed by atoms with Gasteiger partial charge >= 0.3 is 0 Å². The van der Waals surface area contributed by atoms with Crippen LogP contribution in [-0.2, 0) is 24.0 Å². The van der Waals surface area contributed by atoms with Gasteiger partial charge in [0.15, 0.2) is 5.78 Å². The second-order valence-corrected chi connectivity index (χ2v) is 17.2. The molecule has 14 heteroatoms. The van der Waals surface area contributed by atoms with Crippen molar-refractivity contribution in [3.63, 3.8) is 0 Å². The summed E-state index contributed by atoms with van der Waals surface area (Å²) in [5.74, 6) is -3.82. The molecule has 4 fully saturated rings. The molecule has 298 valence electrons. The average molecular weight is 768 g/mol. The lowest BCUT2D eigenvalue weighted by atomic mass is 9.82. The van der Waals surface area contributed by atoms with Crippen molar-refractivity contribution >= 4 is 41.1 Å². The Morgan fingerprint density at radius 3 is 2.30 bits per heavy atom. The number of hydrogen-bond donors (Lipinski definition) is 5. The third-order valence-corrected chi connectivity index (χ3v) is 12.1. The van der Waals surface area contributed by atoms with Crippen LogP contribution in [0.5, 0.6) is 0 Å². The molecule has 4 aliphatic rings. The molecule has 1 aromatic carbocycles. The fourth-order valence-electron chi connectivity index (χ4n) is 8.84. The topological polar surface area (TPSA) is 210 Å². The summed E-state index contributed by atoms with van der Waals surface area (Å²) in [7, 11) is 0. The number of Topliss-reactive ketones (excluding diaryl/α,β-unsaturated/α-hetero) is 1.